The first kappa shape index (κ1) is 19.5. The van der Waals surface area contributed by atoms with Crippen LogP contribution in [0.4, 0.5) is 10.8 Å². The van der Waals surface area contributed by atoms with Gasteiger partial charge in [-0.1, -0.05) is 43.3 Å². The Morgan fingerprint density at radius 1 is 1.04 bits per heavy atom. The zero-order valence-corrected chi connectivity index (χ0v) is 16.5. The minimum Gasteiger partial charge on any atom is -0.326 e. The number of hydrogen-bond donors (Lipinski definition) is 2. The van der Waals surface area contributed by atoms with Crippen LogP contribution in [-0.4, -0.2) is 16.8 Å². The Morgan fingerprint density at radius 3 is 2.39 bits per heavy atom. The fourth-order valence-electron chi connectivity index (χ4n) is 2.57. The summed E-state index contributed by atoms with van der Waals surface area (Å²) >= 11 is 1.37. The third-order valence-corrected chi connectivity index (χ3v) is 4.81. The Balaban J connectivity index is 1.61. The second kappa shape index (κ2) is 9.10. The standard InChI is InChI=1S/C22H21N3O2S/c1-3-16-4-6-17(7-5-16)8-13-21(27)25-22-24-20(14-28-22)18-9-11-19(12-10-18)23-15(2)26/h4-14H,3H2,1-2H3,(H,23,26)(H,24,25,27)/b13-8+. The molecule has 0 unspecified atom stereocenters. The van der Waals surface area contributed by atoms with E-state index in [-0.39, 0.29) is 11.8 Å². The molecule has 1 aromatic heterocycles. The van der Waals surface area contributed by atoms with Gasteiger partial charge in [0.2, 0.25) is 11.8 Å². The highest BCUT2D eigenvalue weighted by Crippen LogP contribution is 2.26. The van der Waals surface area contributed by atoms with E-state index in [1.807, 2.05) is 41.8 Å². The number of benzene rings is 2. The summed E-state index contributed by atoms with van der Waals surface area (Å²) in [5.74, 6) is -0.331. The van der Waals surface area contributed by atoms with Gasteiger partial charge in [0, 0.05) is 29.6 Å². The van der Waals surface area contributed by atoms with Crippen LogP contribution in [0.3, 0.4) is 0 Å². The number of aryl methyl sites for hydroxylation is 1. The first-order chi connectivity index (χ1) is 13.5. The molecule has 0 aliphatic rings. The molecule has 6 heteroatoms. The Bertz CT molecular complexity index is 989. The molecule has 0 saturated carbocycles. The number of aromatic nitrogens is 1. The molecular weight excluding hydrogens is 370 g/mol. The molecule has 0 bridgehead atoms. The summed E-state index contributed by atoms with van der Waals surface area (Å²) in [6.45, 7) is 3.58. The molecule has 142 valence electrons. The Labute approximate surface area is 168 Å². The van der Waals surface area contributed by atoms with Crippen LogP contribution in [0.1, 0.15) is 25.0 Å². The zero-order valence-electron chi connectivity index (χ0n) is 15.7. The lowest BCUT2D eigenvalue weighted by Crippen LogP contribution is -2.07. The van der Waals surface area contributed by atoms with Crippen molar-refractivity contribution in [3.05, 3.63) is 71.1 Å². The predicted molar refractivity (Wildman–Crippen MR) is 115 cm³/mol. The number of carbonyl (C=O) groups excluding carboxylic acids is 2. The molecule has 0 aliphatic carbocycles. The Hall–Kier alpha value is -3.25. The average molecular weight is 391 g/mol. The minimum absolute atomic E-state index is 0.110. The van der Waals surface area contributed by atoms with Crippen LogP contribution in [0, 0.1) is 0 Å². The maximum atomic E-state index is 12.1. The number of nitrogens with zero attached hydrogens (tertiary/aromatic N) is 1. The normalized spacial score (nSPS) is 10.8. The van der Waals surface area contributed by atoms with Crippen molar-refractivity contribution in [3.63, 3.8) is 0 Å². The Morgan fingerprint density at radius 2 is 1.75 bits per heavy atom. The number of carbonyl (C=O) groups is 2. The first-order valence-corrected chi connectivity index (χ1v) is 9.83. The van der Waals surface area contributed by atoms with Crippen molar-refractivity contribution in [2.24, 2.45) is 0 Å². The van der Waals surface area contributed by atoms with E-state index in [0.29, 0.717) is 5.13 Å². The van der Waals surface area contributed by atoms with E-state index in [4.69, 9.17) is 0 Å². The zero-order chi connectivity index (χ0) is 19.9. The number of amides is 2. The van der Waals surface area contributed by atoms with Crippen molar-refractivity contribution < 1.29 is 9.59 Å². The topological polar surface area (TPSA) is 71.1 Å². The van der Waals surface area contributed by atoms with Crippen LogP contribution in [0.25, 0.3) is 17.3 Å². The van der Waals surface area contributed by atoms with Crippen molar-refractivity contribution in [2.75, 3.05) is 10.6 Å². The van der Waals surface area contributed by atoms with Gasteiger partial charge in [0.1, 0.15) is 0 Å². The van der Waals surface area contributed by atoms with Crippen LogP contribution in [0.15, 0.2) is 60.0 Å². The lowest BCUT2D eigenvalue weighted by Gasteiger charge is -2.02. The van der Waals surface area contributed by atoms with Crippen molar-refractivity contribution >= 4 is 40.0 Å². The van der Waals surface area contributed by atoms with Crippen molar-refractivity contribution in [2.45, 2.75) is 20.3 Å². The second-order valence-corrected chi connectivity index (χ2v) is 7.07. The molecule has 28 heavy (non-hydrogen) atoms. The molecule has 3 rings (SSSR count). The smallest absolute Gasteiger partial charge is 0.250 e. The van der Waals surface area contributed by atoms with Crippen molar-refractivity contribution in [1.82, 2.24) is 4.98 Å². The monoisotopic (exact) mass is 391 g/mol. The summed E-state index contributed by atoms with van der Waals surface area (Å²) in [6.07, 6.45) is 4.28. The number of nitrogens with one attached hydrogen (secondary N) is 2. The summed E-state index contributed by atoms with van der Waals surface area (Å²) < 4.78 is 0. The summed E-state index contributed by atoms with van der Waals surface area (Å²) in [6, 6.07) is 15.5. The van der Waals surface area contributed by atoms with Crippen LogP contribution in [0.5, 0.6) is 0 Å². The van der Waals surface area contributed by atoms with E-state index in [1.165, 1.54) is 29.9 Å². The predicted octanol–water partition coefficient (Wildman–Crippen LogP) is 4.98. The van der Waals surface area contributed by atoms with Gasteiger partial charge in [-0.2, -0.15) is 0 Å². The molecule has 0 fully saturated rings. The minimum atomic E-state index is -0.221. The van der Waals surface area contributed by atoms with Crippen LogP contribution in [-0.2, 0) is 16.0 Å². The highest BCUT2D eigenvalue weighted by molar-refractivity contribution is 7.14. The van der Waals surface area contributed by atoms with Gasteiger partial charge >= 0.3 is 0 Å². The molecule has 5 nitrogen and oxygen atoms in total. The number of anilines is 2. The SMILES string of the molecule is CCc1ccc(/C=C/C(=O)Nc2nc(-c3ccc(NC(C)=O)cc3)cs2)cc1. The van der Waals surface area contributed by atoms with Crippen molar-refractivity contribution in [1.29, 1.82) is 0 Å². The van der Waals surface area contributed by atoms with Crippen LogP contribution in [0.2, 0.25) is 0 Å². The molecular formula is C22H21N3O2S. The van der Waals surface area contributed by atoms with Gasteiger partial charge in [-0.3, -0.25) is 14.9 Å². The average Bonchev–Trinajstić information content (AvgIpc) is 3.15. The maximum absolute atomic E-state index is 12.1. The highest BCUT2D eigenvalue weighted by atomic mass is 32.1. The van der Waals surface area contributed by atoms with Gasteiger partial charge in [-0.25, -0.2) is 4.98 Å². The van der Waals surface area contributed by atoms with Gasteiger partial charge in [-0.05, 0) is 35.8 Å². The van der Waals surface area contributed by atoms with Crippen LogP contribution < -0.4 is 10.6 Å². The fraction of sp³-hybridized carbons (Fsp3) is 0.136. The van der Waals surface area contributed by atoms with E-state index in [0.717, 1.165) is 28.9 Å². The molecule has 2 aromatic carbocycles. The number of thiazole rings is 1. The highest BCUT2D eigenvalue weighted by Gasteiger charge is 2.07. The van der Waals surface area contributed by atoms with Gasteiger partial charge in [0.05, 0.1) is 5.69 Å². The van der Waals surface area contributed by atoms with Crippen LogP contribution >= 0.6 is 11.3 Å². The lowest BCUT2D eigenvalue weighted by molar-refractivity contribution is -0.114. The molecule has 0 saturated heterocycles. The van der Waals surface area contributed by atoms with E-state index >= 15 is 0 Å². The summed E-state index contributed by atoms with van der Waals surface area (Å²) in [7, 11) is 0. The molecule has 2 N–H and O–H groups in total. The van der Waals surface area contributed by atoms with Gasteiger partial charge in [-0.15, -0.1) is 11.3 Å². The lowest BCUT2D eigenvalue weighted by atomic mass is 10.1. The molecule has 0 radical (unpaired) electrons. The summed E-state index contributed by atoms with van der Waals surface area (Å²) in [4.78, 5) is 27.7. The maximum Gasteiger partial charge on any atom is 0.250 e. The van der Waals surface area contributed by atoms with Crippen molar-refractivity contribution in [3.8, 4) is 11.3 Å². The molecule has 2 amide bonds. The van der Waals surface area contributed by atoms with E-state index < -0.39 is 0 Å². The largest absolute Gasteiger partial charge is 0.326 e. The van der Waals surface area contributed by atoms with Gasteiger partial charge in [0.25, 0.3) is 0 Å². The molecule has 3 aromatic rings. The third-order valence-electron chi connectivity index (χ3n) is 4.05. The van der Waals surface area contributed by atoms with E-state index in [9.17, 15) is 9.59 Å². The van der Waals surface area contributed by atoms with Gasteiger partial charge in [0.15, 0.2) is 5.13 Å². The molecule has 1 heterocycles. The van der Waals surface area contributed by atoms with Gasteiger partial charge < -0.3 is 5.32 Å². The summed E-state index contributed by atoms with van der Waals surface area (Å²) in [5.41, 5.74) is 4.66. The first-order valence-electron chi connectivity index (χ1n) is 8.95. The van der Waals surface area contributed by atoms with E-state index in [2.05, 4.69) is 34.7 Å². The molecule has 0 aliphatic heterocycles. The molecule has 0 spiro atoms. The molecule has 0 atom stereocenters. The second-order valence-electron chi connectivity index (χ2n) is 6.21. The quantitative estimate of drug-likeness (QED) is 0.582. The number of rotatable bonds is 6. The Kier molecular flexibility index (Phi) is 6.34. The third kappa shape index (κ3) is 5.37. The number of hydrogen-bond acceptors (Lipinski definition) is 4. The summed E-state index contributed by atoms with van der Waals surface area (Å²) in [5, 5.41) is 7.94. The van der Waals surface area contributed by atoms with E-state index in [1.54, 1.807) is 6.08 Å². The fourth-order valence-corrected chi connectivity index (χ4v) is 3.30.